The summed E-state index contributed by atoms with van der Waals surface area (Å²) in [6, 6.07) is 2.20. The number of rotatable bonds is 5. The molecule has 7 heteroatoms. The van der Waals surface area contributed by atoms with Crippen LogP contribution in [0.5, 0.6) is 0 Å². The lowest BCUT2D eigenvalue weighted by molar-refractivity contribution is -0.141. The third-order valence-corrected chi connectivity index (χ3v) is 3.74. The van der Waals surface area contributed by atoms with Gasteiger partial charge in [-0.2, -0.15) is 0 Å². The van der Waals surface area contributed by atoms with E-state index < -0.39 is 29.0 Å². The SMILES string of the molecule is O=C(O)CC1(CNC(=O)Nc2ccc(F)cc2F)CCC1. The van der Waals surface area contributed by atoms with Crippen LogP contribution in [0.25, 0.3) is 0 Å². The maximum absolute atomic E-state index is 13.4. The van der Waals surface area contributed by atoms with E-state index in [1.54, 1.807) is 0 Å². The number of anilines is 1. The van der Waals surface area contributed by atoms with E-state index in [9.17, 15) is 18.4 Å². The zero-order chi connectivity index (χ0) is 15.5. The standard InChI is InChI=1S/C14H16F2N2O3/c15-9-2-3-11(10(16)6-9)18-13(21)17-8-14(4-1-5-14)7-12(19)20/h2-3,6H,1,4-5,7-8H2,(H,19,20)(H2,17,18,21). The molecule has 1 aromatic carbocycles. The quantitative estimate of drug-likeness (QED) is 0.782. The third kappa shape index (κ3) is 3.90. The predicted octanol–water partition coefficient (Wildman–Crippen LogP) is 2.73. The molecule has 1 aliphatic rings. The molecule has 0 atom stereocenters. The first-order chi connectivity index (χ1) is 9.90. The highest BCUT2D eigenvalue weighted by atomic mass is 19.1. The zero-order valence-electron chi connectivity index (χ0n) is 11.3. The second-order valence-corrected chi connectivity index (χ2v) is 5.36. The van der Waals surface area contributed by atoms with Crippen molar-refractivity contribution < 1.29 is 23.5 Å². The third-order valence-electron chi connectivity index (χ3n) is 3.74. The van der Waals surface area contributed by atoms with Gasteiger partial charge in [-0.3, -0.25) is 4.79 Å². The van der Waals surface area contributed by atoms with E-state index in [1.807, 2.05) is 0 Å². The summed E-state index contributed by atoms with van der Waals surface area (Å²) in [5.41, 5.74) is -0.542. The largest absolute Gasteiger partial charge is 0.481 e. The molecule has 3 N–H and O–H groups in total. The Kier molecular flexibility index (Phi) is 4.40. The molecular formula is C14H16F2N2O3. The molecule has 2 amide bonds. The van der Waals surface area contributed by atoms with E-state index in [0.717, 1.165) is 31.4 Å². The van der Waals surface area contributed by atoms with Crippen molar-refractivity contribution in [1.82, 2.24) is 5.32 Å². The molecule has 0 aliphatic heterocycles. The van der Waals surface area contributed by atoms with Crippen LogP contribution in [-0.4, -0.2) is 23.7 Å². The van der Waals surface area contributed by atoms with Crippen molar-refractivity contribution in [2.75, 3.05) is 11.9 Å². The molecule has 5 nitrogen and oxygen atoms in total. The van der Waals surface area contributed by atoms with Gasteiger partial charge < -0.3 is 15.7 Å². The van der Waals surface area contributed by atoms with Gasteiger partial charge in [-0.15, -0.1) is 0 Å². The number of halogens is 2. The van der Waals surface area contributed by atoms with Gasteiger partial charge in [-0.25, -0.2) is 13.6 Å². The van der Waals surface area contributed by atoms with Crippen molar-refractivity contribution in [3.63, 3.8) is 0 Å². The van der Waals surface area contributed by atoms with E-state index in [4.69, 9.17) is 5.11 Å². The molecule has 114 valence electrons. The summed E-state index contributed by atoms with van der Waals surface area (Å²) in [5, 5.41) is 13.7. The van der Waals surface area contributed by atoms with Crippen molar-refractivity contribution >= 4 is 17.7 Å². The Morgan fingerprint density at radius 1 is 1.29 bits per heavy atom. The molecule has 1 saturated carbocycles. The Labute approximate surface area is 120 Å². The minimum Gasteiger partial charge on any atom is -0.481 e. The van der Waals surface area contributed by atoms with E-state index in [2.05, 4.69) is 10.6 Å². The van der Waals surface area contributed by atoms with Crippen LogP contribution in [0.1, 0.15) is 25.7 Å². The number of urea groups is 1. The number of amides is 2. The summed E-state index contributed by atoms with van der Waals surface area (Å²) in [5.74, 6) is -2.50. The number of carboxylic acid groups (broad SMARTS) is 1. The van der Waals surface area contributed by atoms with Gasteiger partial charge in [-0.1, -0.05) is 6.42 Å². The molecule has 1 aromatic rings. The van der Waals surface area contributed by atoms with Crippen LogP contribution in [0.4, 0.5) is 19.3 Å². The number of hydrogen-bond acceptors (Lipinski definition) is 2. The van der Waals surface area contributed by atoms with Crippen molar-refractivity contribution in [3.8, 4) is 0 Å². The van der Waals surface area contributed by atoms with Gasteiger partial charge >= 0.3 is 12.0 Å². The first-order valence-corrected chi connectivity index (χ1v) is 6.62. The highest BCUT2D eigenvalue weighted by Crippen LogP contribution is 2.43. The van der Waals surface area contributed by atoms with Crippen LogP contribution < -0.4 is 10.6 Å². The number of carboxylic acids is 1. The number of carbonyl (C=O) groups excluding carboxylic acids is 1. The second kappa shape index (κ2) is 6.07. The molecule has 0 saturated heterocycles. The minimum atomic E-state index is -0.901. The van der Waals surface area contributed by atoms with Crippen molar-refractivity contribution in [1.29, 1.82) is 0 Å². The summed E-state index contributed by atoms with van der Waals surface area (Å²) in [7, 11) is 0. The fraction of sp³-hybridized carbons (Fsp3) is 0.429. The van der Waals surface area contributed by atoms with Crippen LogP contribution in [0.3, 0.4) is 0 Å². The molecule has 0 unspecified atom stereocenters. The fourth-order valence-electron chi connectivity index (χ4n) is 2.44. The molecule has 0 aromatic heterocycles. The van der Waals surface area contributed by atoms with Crippen molar-refractivity contribution in [2.24, 2.45) is 5.41 Å². The van der Waals surface area contributed by atoms with Crippen LogP contribution in [0.15, 0.2) is 18.2 Å². The number of carbonyl (C=O) groups is 2. The predicted molar refractivity (Wildman–Crippen MR) is 71.9 cm³/mol. The lowest BCUT2D eigenvalue weighted by Gasteiger charge is -2.40. The molecule has 2 rings (SSSR count). The molecule has 0 bridgehead atoms. The lowest BCUT2D eigenvalue weighted by Crippen LogP contribution is -2.44. The first-order valence-electron chi connectivity index (χ1n) is 6.62. The zero-order valence-corrected chi connectivity index (χ0v) is 11.3. The Morgan fingerprint density at radius 2 is 2.00 bits per heavy atom. The maximum atomic E-state index is 13.4. The van der Waals surface area contributed by atoms with Crippen LogP contribution in [0, 0.1) is 17.0 Å². The summed E-state index contributed by atoms with van der Waals surface area (Å²) in [6.07, 6.45) is 2.41. The Balaban J connectivity index is 1.88. The van der Waals surface area contributed by atoms with Gasteiger partial charge in [0.2, 0.25) is 0 Å². The summed E-state index contributed by atoms with van der Waals surface area (Å²) in [6.45, 7) is 0.216. The van der Waals surface area contributed by atoms with E-state index in [1.165, 1.54) is 0 Å². The highest BCUT2D eigenvalue weighted by Gasteiger charge is 2.39. The van der Waals surface area contributed by atoms with Crippen molar-refractivity contribution in [2.45, 2.75) is 25.7 Å². The summed E-state index contributed by atoms with van der Waals surface area (Å²) < 4.78 is 26.1. The van der Waals surface area contributed by atoms with Gasteiger partial charge in [-0.05, 0) is 30.4 Å². The molecule has 1 aliphatic carbocycles. The van der Waals surface area contributed by atoms with E-state index >= 15 is 0 Å². The number of aliphatic carboxylic acids is 1. The normalized spacial score (nSPS) is 15.9. The average molecular weight is 298 g/mol. The summed E-state index contributed by atoms with van der Waals surface area (Å²) in [4.78, 5) is 22.5. The fourth-order valence-corrected chi connectivity index (χ4v) is 2.44. The number of hydrogen-bond donors (Lipinski definition) is 3. The smallest absolute Gasteiger partial charge is 0.319 e. The first kappa shape index (κ1) is 15.2. The average Bonchev–Trinajstić information content (AvgIpc) is 2.35. The monoisotopic (exact) mass is 298 g/mol. The van der Waals surface area contributed by atoms with Crippen LogP contribution in [0.2, 0.25) is 0 Å². The Hall–Kier alpha value is -2.18. The molecular weight excluding hydrogens is 282 g/mol. The second-order valence-electron chi connectivity index (χ2n) is 5.36. The summed E-state index contributed by atoms with van der Waals surface area (Å²) >= 11 is 0. The molecule has 1 fully saturated rings. The molecule has 21 heavy (non-hydrogen) atoms. The number of benzene rings is 1. The maximum Gasteiger partial charge on any atom is 0.319 e. The Bertz CT molecular complexity index is 559. The topological polar surface area (TPSA) is 78.4 Å². The van der Waals surface area contributed by atoms with Crippen LogP contribution in [-0.2, 0) is 4.79 Å². The number of nitrogens with one attached hydrogen (secondary N) is 2. The van der Waals surface area contributed by atoms with E-state index in [-0.39, 0.29) is 18.7 Å². The van der Waals surface area contributed by atoms with Crippen molar-refractivity contribution in [3.05, 3.63) is 29.8 Å². The molecule has 0 heterocycles. The van der Waals surface area contributed by atoms with Crippen LogP contribution >= 0.6 is 0 Å². The van der Waals surface area contributed by atoms with E-state index in [0.29, 0.717) is 6.07 Å². The highest BCUT2D eigenvalue weighted by molar-refractivity contribution is 5.89. The molecule has 0 radical (unpaired) electrons. The van der Waals surface area contributed by atoms with Gasteiger partial charge in [0, 0.05) is 12.6 Å². The molecule has 0 spiro atoms. The van der Waals surface area contributed by atoms with Gasteiger partial charge in [0.05, 0.1) is 12.1 Å². The Morgan fingerprint density at radius 3 is 2.52 bits per heavy atom. The van der Waals surface area contributed by atoms with Gasteiger partial charge in [0.25, 0.3) is 0 Å². The van der Waals surface area contributed by atoms with Gasteiger partial charge in [0.1, 0.15) is 11.6 Å². The van der Waals surface area contributed by atoms with Gasteiger partial charge in [0.15, 0.2) is 0 Å². The lowest BCUT2D eigenvalue weighted by atomic mass is 9.66. The minimum absolute atomic E-state index is 0.00180.